The largest absolute Gasteiger partial charge is 0.471 e. The second-order valence-electron chi connectivity index (χ2n) is 5.88. The van der Waals surface area contributed by atoms with Crippen LogP contribution in [-0.4, -0.2) is 24.3 Å². The number of rotatable bonds is 3. The van der Waals surface area contributed by atoms with E-state index in [1.54, 1.807) is 0 Å². The number of hydrogen-bond acceptors (Lipinski definition) is 5. The van der Waals surface area contributed by atoms with E-state index in [-0.39, 0.29) is 17.9 Å². The summed E-state index contributed by atoms with van der Waals surface area (Å²) in [6.45, 7) is 0.213. The van der Waals surface area contributed by atoms with E-state index in [1.807, 2.05) is 35.9 Å². The van der Waals surface area contributed by atoms with E-state index in [0.717, 1.165) is 17.1 Å². The van der Waals surface area contributed by atoms with Crippen molar-refractivity contribution < 1.29 is 17.7 Å². The van der Waals surface area contributed by atoms with Gasteiger partial charge in [-0.2, -0.15) is 18.2 Å². The number of nitrogens with zero attached hydrogens (tertiary/aromatic N) is 5. The maximum Gasteiger partial charge on any atom is 0.471 e. The maximum absolute atomic E-state index is 12.6. The van der Waals surface area contributed by atoms with Crippen LogP contribution < -0.4 is 5.56 Å². The van der Waals surface area contributed by atoms with Crippen LogP contribution in [0.3, 0.4) is 0 Å². The van der Waals surface area contributed by atoms with Crippen LogP contribution >= 0.6 is 0 Å². The fourth-order valence-electron chi connectivity index (χ4n) is 2.72. The van der Waals surface area contributed by atoms with Gasteiger partial charge in [-0.1, -0.05) is 17.3 Å². The van der Waals surface area contributed by atoms with Gasteiger partial charge in [0.25, 0.3) is 5.56 Å². The Morgan fingerprint density at radius 1 is 1.15 bits per heavy atom. The highest BCUT2D eigenvalue weighted by atomic mass is 19.4. The normalized spacial score (nSPS) is 12.0. The van der Waals surface area contributed by atoms with E-state index in [2.05, 4.69) is 19.6 Å². The number of para-hydroxylation sites is 2. The Bertz CT molecular complexity index is 1190. The van der Waals surface area contributed by atoms with Gasteiger partial charge in [0, 0.05) is 24.9 Å². The third-order valence-electron chi connectivity index (χ3n) is 4.11. The monoisotopic (exact) mass is 375 g/mol. The quantitative estimate of drug-likeness (QED) is 0.550. The van der Waals surface area contributed by atoms with Crippen molar-refractivity contribution in [2.45, 2.75) is 12.7 Å². The number of pyridine rings is 1. The van der Waals surface area contributed by atoms with E-state index in [1.165, 1.54) is 16.8 Å². The van der Waals surface area contributed by atoms with Crippen molar-refractivity contribution in [3.63, 3.8) is 0 Å². The lowest BCUT2D eigenvalue weighted by Gasteiger charge is -2.06. The Morgan fingerprint density at radius 2 is 1.93 bits per heavy atom. The summed E-state index contributed by atoms with van der Waals surface area (Å²) >= 11 is 0. The first kappa shape index (κ1) is 17.0. The molecule has 0 radical (unpaired) electrons. The number of alkyl halides is 3. The van der Waals surface area contributed by atoms with Gasteiger partial charge in [-0.3, -0.25) is 4.79 Å². The Hall–Kier alpha value is -3.43. The third-order valence-corrected chi connectivity index (χ3v) is 4.11. The van der Waals surface area contributed by atoms with E-state index in [0.29, 0.717) is 5.82 Å². The smallest absolute Gasteiger partial charge is 0.330 e. The van der Waals surface area contributed by atoms with Crippen LogP contribution in [0.25, 0.3) is 22.4 Å². The van der Waals surface area contributed by atoms with Crippen molar-refractivity contribution in [2.24, 2.45) is 7.05 Å². The minimum Gasteiger partial charge on any atom is -0.330 e. The molecule has 1 aromatic carbocycles. The first-order chi connectivity index (χ1) is 12.8. The third kappa shape index (κ3) is 3.09. The van der Waals surface area contributed by atoms with Crippen molar-refractivity contribution in [3.8, 4) is 11.4 Å². The van der Waals surface area contributed by atoms with Crippen LogP contribution in [0.1, 0.15) is 11.7 Å². The van der Waals surface area contributed by atoms with Crippen LogP contribution in [0.4, 0.5) is 13.2 Å². The van der Waals surface area contributed by atoms with Crippen LogP contribution in [0.2, 0.25) is 0 Å². The number of aryl methyl sites for hydroxylation is 1. The van der Waals surface area contributed by atoms with E-state index in [9.17, 15) is 18.0 Å². The zero-order valence-corrected chi connectivity index (χ0v) is 13.9. The predicted octanol–water partition coefficient (Wildman–Crippen LogP) is 2.85. The summed E-state index contributed by atoms with van der Waals surface area (Å²) in [5.74, 6) is -1.08. The van der Waals surface area contributed by atoms with Crippen molar-refractivity contribution in [2.75, 3.05) is 0 Å². The van der Waals surface area contributed by atoms with E-state index in [4.69, 9.17) is 0 Å². The molecular weight excluding hydrogens is 363 g/mol. The standard InChI is InChI=1S/C17H12F3N5O2/c1-24-12-5-3-2-4-11(12)21-13(24)9-25-7-6-10(8-14(25)26)15-22-16(27-23-15)17(18,19)20/h2-8H,9H2,1H3. The fraction of sp³-hybridized carbons (Fsp3) is 0.176. The summed E-state index contributed by atoms with van der Waals surface area (Å²) in [5.41, 5.74) is 1.47. The average molecular weight is 375 g/mol. The molecule has 0 saturated heterocycles. The molecule has 0 amide bonds. The molecular formula is C17H12F3N5O2. The van der Waals surface area contributed by atoms with Crippen LogP contribution in [0.15, 0.2) is 51.9 Å². The van der Waals surface area contributed by atoms with Gasteiger partial charge in [0.2, 0.25) is 5.82 Å². The minimum absolute atomic E-state index is 0.139. The Labute approximate surface area is 149 Å². The molecule has 3 heterocycles. The predicted molar refractivity (Wildman–Crippen MR) is 88.8 cm³/mol. The van der Waals surface area contributed by atoms with Gasteiger partial charge in [0.05, 0.1) is 17.6 Å². The first-order valence-electron chi connectivity index (χ1n) is 7.85. The molecule has 4 aromatic rings. The topological polar surface area (TPSA) is 78.7 Å². The van der Waals surface area contributed by atoms with Crippen LogP contribution in [0.5, 0.6) is 0 Å². The first-order valence-corrected chi connectivity index (χ1v) is 7.85. The lowest BCUT2D eigenvalue weighted by atomic mass is 10.2. The molecule has 0 atom stereocenters. The molecule has 0 bridgehead atoms. The molecule has 0 saturated carbocycles. The van der Waals surface area contributed by atoms with E-state index >= 15 is 0 Å². The fourth-order valence-corrected chi connectivity index (χ4v) is 2.72. The molecule has 4 rings (SSSR count). The number of benzene rings is 1. The Morgan fingerprint density at radius 3 is 2.59 bits per heavy atom. The van der Waals surface area contributed by atoms with Gasteiger partial charge in [-0.25, -0.2) is 4.98 Å². The number of halogens is 3. The lowest BCUT2D eigenvalue weighted by Crippen LogP contribution is -2.20. The summed E-state index contributed by atoms with van der Waals surface area (Å²) in [5, 5.41) is 3.28. The number of aromatic nitrogens is 5. The van der Waals surface area contributed by atoms with E-state index < -0.39 is 17.6 Å². The number of imidazole rings is 1. The summed E-state index contributed by atoms with van der Waals surface area (Å²) in [7, 11) is 1.85. The van der Waals surface area contributed by atoms with Gasteiger partial charge in [-0.15, -0.1) is 0 Å². The summed E-state index contributed by atoms with van der Waals surface area (Å²) < 4.78 is 45.1. The zero-order valence-electron chi connectivity index (χ0n) is 13.9. The maximum atomic E-state index is 12.6. The zero-order chi connectivity index (χ0) is 19.2. The number of hydrogen-bond donors (Lipinski definition) is 0. The molecule has 0 N–H and O–H groups in total. The summed E-state index contributed by atoms with van der Waals surface area (Å²) in [6.07, 6.45) is -3.28. The molecule has 7 nitrogen and oxygen atoms in total. The minimum atomic E-state index is -4.74. The second kappa shape index (κ2) is 6.08. The molecule has 0 unspecified atom stereocenters. The van der Waals surface area contributed by atoms with Gasteiger partial charge in [-0.05, 0) is 18.2 Å². The molecule has 0 spiro atoms. The molecule has 138 valence electrons. The summed E-state index contributed by atoms with van der Waals surface area (Å²) in [6, 6.07) is 10.2. The highest BCUT2D eigenvalue weighted by Crippen LogP contribution is 2.29. The molecule has 10 heteroatoms. The Balaban J connectivity index is 1.65. The second-order valence-corrected chi connectivity index (χ2v) is 5.88. The molecule has 0 aliphatic rings. The lowest BCUT2D eigenvalue weighted by molar-refractivity contribution is -0.159. The van der Waals surface area contributed by atoms with Gasteiger partial charge >= 0.3 is 12.1 Å². The van der Waals surface area contributed by atoms with Crippen molar-refractivity contribution in [3.05, 3.63) is 64.7 Å². The van der Waals surface area contributed by atoms with Crippen LogP contribution in [-0.2, 0) is 19.8 Å². The number of fused-ring (bicyclic) bond motifs is 1. The highest BCUT2D eigenvalue weighted by molar-refractivity contribution is 5.75. The highest BCUT2D eigenvalue weighted by Gasteiger charge is 2.38. The summed E-state index contributed by atoms with van der Waals surface area (Å²) in [4.78, 5) is 20.1. The van der Waals surface area contributed by atoms with Gasteiger partial charge < -0.3 is 13.7 Å². The average Bonchev–Trinajstić information content (AvgIpc) is 3.23. The molecule has 3 aromatic heterocycles. The molecule has 0 aliphatic heterocycles. The molecule has 27 heavy (non-hydrogen) atoms. The van der Waals surface area contributed by atoms with Crippen molar-refractivity contribution in [1.82, 2.24) is 24.3 Å². The Kier molecular flexibility index (Phi) is 3.83. The van der Waals surface area contributed by atoms with Crippen LogP contribution in [0, 0.1) is 0 Å². The molecule has 0 fully saturated rings. The van der Waals surface area contributed by atoms with Gasteiger partial charge in [0.1, 0.15) is 5.82 Å². The SMILES string of the molecule is Cn1c(Cn2ccc(-c3noc(C(F)(F)F)n3)cc2=O)nc2ccccc21. The van der Waals surface area contributed by atoms with Crippen molar-refractivity contribution >= 4 is 11.0 Å². The van der Waals surface area contributed by atoms with Crippen molar-refractivity contribution in [1.29, 1.82) is 0 Å². The van der Waals surface area contributed by atoms with Gasteiger partial charge in [0.15, 0.2) is 0 Å². The molecule has 0 aliphatic carbocycles.